The lowest BCUT2D eigenvalue weighted by atomic mass is 9.88. The van der Waals surface area contributed by atoms with Gasteiger partial charge in [0, 0.05) is 37.3 Å². The van der Waals surface area contributed by atoms with Gasteiger partial charge in [-0.15, -0.1) is 0 Å². The molecule has 4 rings (SSSR count). The van der Waals surface area contributed by atoms with Crippen molar-refractivity contribution in [2.24, 2.45) is 0 Å². The number of aromatic nitrogens is 2. The minimum Gasteiger partial charge on any atom is -0.457 e. The monoisotopic (exact) mass is 432 g/mol. The van der Waals surface area contributed by atoms with E-state index in [-0.39, 0.29) is 18.0 Å². The molecule has 0 aliphatic carbocycles. The largest absolute Gasteiger partial charge is 0.457 e. The van der Waals surface area contributed by atoms with Crippen molar-refractivity contribution in [3.05, 3.63) is 66.0 Å². The van der Waals surface area contributed by atoms with Gasteiger partial charge in [0.1, 0.15) is 23.1 Å². The number of para-hydroxylation sites is 1. The highest BCUT2D eigenvalue weighted by Crippen LogP contribution is 2.45. The van der Waals surface area contributed by atoms with Crippen molar-refractivity contribution in [1.82, 2.24) is 14.9 Å². The van der Waals surface area contributed by atoms with E-state index in [0.29, 0.717) is 11.6 Å². The number of nitrogens with two attached hydrogens (primary N) is 1. The van der Waals surface area contributed by atoms with Gasteiger partial charge >= 0.3 is 0 Å². The molecule has 3 aromatic rings. The molecule has 1 aliphatic heterocycles. The lowest BCUT2D eigenvalue weighted by Gasteiger charge is -2.22. The Morgan fingerprint density at radius 1 is 1.06 bits per heavy atom. The van der Waals surface area contributed by atoms with Gasteiger partial charge in [-0.25, -0.2) is 9.97 Å². The van der Waals surface area contributed by atoms with Gasteiger partial charge in [-0.05, 0) is 36.4 Å². The molecular weight excluding hydrogens is 404 g/mol. The van der Waals surface area contributed by atoms with Crippen LogP contribution in [0.5, 0.6) is 11.5 Å². The van der Waals surface area contributed by atoms with Gasteiger partial charge in [-0.2, -0.15) is 0 Å². The number of hydrogen-bond acceptors (Lipinski definition) is 7. The van der Waals surface area contributed by atoms with Crippen LogP contribution in [0.1, 0.15) is 25.2 Å². The lowest BCUT2D eigenvalue weighted by Crippen LogP contribution is -2.25. The zero-order valence-corrected chi connectivity index (χ0v) is 18.8. The van der Waals surface area contributed by atoms with Crippen molar-refractivity contribution >= 4 is 23.3 Å². The van der Waals surface area contributed by atoms with Crippen LogP contribution < -0.4 is 15.4 Å². The lowest BCUT2D eigenvalue weighted by molar-refractivity contribution is 0.235. The molecule has 0 radical (unpaired) electrons. The molecule has 0 amide bonds. The zero-order valence-electron chi connectivity index (χ0n) is 18.8. The summed E-state index contributed by atoms with van der Waals surface area (Å²) in [6.07, 6.45) is 0. The molecule has 0 fully saturated rings. The number of nitrogens with zero attached hydrogens (tertiary/aromatic N) is 4. The number of fused-ring (bicyclic) bond motifs is 1. The quantitative estimate of drug-likeness (QED) is 0.458. The third kappa shape index (κ3) is 4.30. The Bertz CT molecular complexity index is 1110. The van der Waals surface area contributed by atoms with Crippen LogP contribution in [-0.4, -0.2) is 41.5 Å². The van der Waals surface area contributed by atoms with E-state index in [1.54, 1.807) is 19.0 Å². The predicted molar refractivity (Wildman–Crippen MR) is 126 cm³/mol. The van der Waals surface area contributed by atoms with Gasteiger partial charge in [0.25, 0.3) is 6.02 Å². The van der Waals surface area contributed by atoms with Crippen LogP contribution in [0.25, 0.3) is 0 Å². The molecule has 1 aliphatic rings. The standard InChI is InChI=1S/C24H28N6O2/c1-24(2)15-30(16-10-12-18(13-11-16)32-17-8-6-5-7-9-17)22-20(24)21(25)27-19(28-22)14-31-23(26)29(3)4/h5-13,26H,14-15H2,1-4H3,(H2,25,27,28). The first kappa shape index (κ1) is 21.4. The van der Waals surface area contributed by atoms with E-state index in [4.69, 9.17) is 25.6 Å². The first-order chi connectivity index (χ1) is 15.2. The van der Waals surface area contributed by atoms with Crippen molar-refractivity contribution < 1.29 is 9.47 Å². The van der Waals surface area contributed by atoms with Crippen molar-refractivity contribution in [1.29, 1.82) is 5.41 Å². The van der Waals surface area contributed by atoms with Gasteiger partial charge in [0.15, 0.2) is 12.4 Å². The fourth-order valence-electron chi connectivity index (χ4n) is 3.77. The normalized spacial score (nSPS) is 14.1. The molecule has 8 nitrogen and oxygen atoms in total. The number of amidine groups is 1. The van der Waals surface area contributed by atoms with E-state index in [0.717, 1.165) is 35.1 Å². The average molecular weight is 433 g/mol. The maximum absolute atomic E-state index is 7.83. The van der Waals surface area contributed by atoms with E-state index in [9.17, 15) is 0 Å². The van der Waals surface area contributed by atoms with Gasteiger partial charge in [0.05, 0.1) is 0 Å². The minimum atomic E-state index is -0.214. The smallest absolute Gasteiger partial charge is 0.284 e. The molecule has 0 saturated heterocycles. The summed E-state index contributed by atoms with van der Waals surface area (Å²) in [5.74, 6) is 3.22. The van der Waals surface area contributed by atoms with Crippen molar-refractivity contribution in [3.63, 3.8) is 0 Å². The number of benzene rings is 2. The number of ether oxygens (including phenoxy) is 2. The molecule has 166 valence electrons. The molecule has 0 bridgehead atoms. The average Bonchev–Trinajstić information content (AvgIpc) is 3.04. The number of hydrogen-bond donors (Lipinski definition) is 2. The topological polar surface area (TPSA) is 101 Å². The molecule has 8 heteroatoms. The number of rotatable bonds is 5. The number of anilines is 3. The highest BCUT2D eigenvalue weighted by molar-refractivity contribution is 5.74. The Balaban J connectivity index is 1.60. The van der Waals surface area contributed by atoms with Crippen LogP contribution in [0.3, 0.4) is 0 Å². The Morgan fingerprint density at radius 3 is 2.38 bits per heavy atom. The molecule has 0 unspecified atom stereocenters. The second-order valence-electron chi connectivity index (χ2n) is 8.59. The molecule has 0 saturated carbocycles. The maximum atomic E-state index is 7.83. The Labute approximate surface area is 188 Å². The third-order valence-electron chi connectivity index (χ3n) is 5.32. The Hall–Kier alpha value is -3.81. The SMILES string of the molecule is CN(C)C(=N)OCc1nc(N)c2c(n1)N(c1ccc(Oc3ccccc3)cc1)CC2(C)C. The van der Waals surface area contributed by atoms with Crippen LogP contribution >= 0.6 is 0 Å². The molecule has 32 heavy (non-hydrogen) atoms. The van der Waals surface area contributed by atoms with Crippen molar-refractivity contribution in [2.45, 2.75) is 25.9 Å². The summed E-state index contributed by atoms with van der Waals surface area (Å²) in [7, 11) is 3.49. The fraction of sp³-hybridized carbons (Fsp3) is 0.292. The van der Waals surface area contributed by atoms with Gasteiger partial charge in [-0.1, -0.05) is 32.0 Å². The van der Waals surface area contributed by atoms with Crippen LogP contribution in [0, 0.1) is 5.41 Å². The van der Waals surface area contributed by atoms with E-state index >= 15 is 0 Å². The van der Waals surface area contributed by atoms with Crippen LogP contribution in [0.2, 0.25) is 0 Å². The van der Waals surface area contributed by atoms with Crippen LogP contribution in [0.4, 0.5) is 17.3 Å². The molecule has 0 spiro atoms. The summed E-state index contributed by atoms with van der Waals surface area (Å²) in [6, 6.07) is 17.6. The Kier molecular flexibility index (Phi) is 5.61. The summed E-state index contributed by atoms with van der Waals surface area (Å²) in [6.45, 7) is 5.07. The highest BCUT2D eigenvalue weighted by Gasteiger charge is 2.40. The summed E-state index contributed by atoms with van der Waals surface area (Å²) in [5.41, 5.74) is 8.05. The van der Waals surface area contributed by atoms with Crippen molar-refractivity contribution in [3.8, 4) is 11.5 Å². The maximum Gasteiger partial charge on any atom is 0.284 e. The predicted octanol–water partition coefficient (Wildman–Crippen LogP) is 4.29. The third-order valence-corrected chi connectivity index (χ3v) is 5.32. The summed E-state index contributed by atoms with van der Waals surface area (Å²) < 4.78 is 11.4. The molecule has 2 heterocycles. The molecule has 3 N–H and O–H groups in total. The second-order valence-corrected chi connectivity index (χ2v) is 8.59. The van der Waals surface area contributed by atoms with E-state index in [1.807, 2.05) is 54.6 Å². The first-order valence-corrected chi connectivity index (χ1v) is 10.4. The highest BCUT2D eigenvalue weighted by atomic mass is 16.5. The summed E-state index contributed by atoms with van der Waals surface area (Å²) in [5, 5.41) is 7.83. The molecule has 2 aromatic carbocycles. The van der Waals surface area contributed by atoms with Gasteiger partial charge in [-0.3, -0.25) is 5.41 Å². The molecule has 1 aromatic heterocycles. The van der Waals surface area contributed by atoms with Crippen LogP contribution in [0.15, 0.2) is 54.6 Å². The second kappa shape index (κ2) is 8.37. The number of nitrogen functional groups attached to an aromatic ring is 1. The Morgan fingerprint density at radius 2 is 1.72 bits per heavy atom. The molecule has 0 atom stereocenters. The summed E-state index contributed by atoms with van der Waals surface area (Å²) >= 11 is 0. The molecular formula is C24H28N6O2. The zero-order chi connectivity index (χ0) is 22.9. The summed E-state index contributed by atoms with van der Waals surface area (Å²) in [4.78, 5) is 12.9. The minimum absolute atomic E-state index is 0.0406. The van der Waals surface area contributed by atoms with Gasteiger partial charge < -0.3 is 25.0 Å². The first-order valence-electron chi connectivity index (χ1n) is 10.4. The van der Waals surface area contributed by atoms with E-state index in [1.165, 1.54) is 0 Å². The number of nitrogens with one attached hydrogen (secondary N) is 1. The van der Waals surface area contributed by atoms with E-state index in [2.05, 4.69) is 23.7 Å². The fourth-order valence-corrected chi connectivity index (χ4v) is 3.77. The van der Waals surface area contributed by atoms with Gasteiger partial charge in [0.2, 0.25) is 0 Å². The van der Waals surface area contributed by atoms with Crippen LogP contribution in [-0.2, 0) is 16.8 Å². The van der Waals surface area contributed by atoms with Crippen molar-refractivity contribution in [2.75, 3.05) is 31.3 Å². The van der Waals surface area contributed by atoms with E-state index < -0.39 is 0 Å².